The third-order valence-electron chi connectivity index (χ3n) is 4.15. The van der Waals surface area contributed by atoms with Crippen molar-refractivity contribution < 1.29 is 0 Å². The highest BCUT2D eigenvalue weighted by Gasteiger charge is 2.38. The molecule has 12 heavy (non-hydrogen) atoms. The highest BCUT2D eigenvalue weighted by atomic mass is 35.5. The van der Waals surface area contributed by atoms with Crippen LogP contribution in [0.25, 0.3) is 0 Å². The summed E-state index contributed by atoms with van der Waals surface area (Å²) in [4.78, 5) is 0. The van der Waals surface area contributed by atoms with Gasteiger partial charge in [0.1, 0.15) is 0 Å². The van der Waals surface area contributed by atoms with Crippen LogP contribution in [0, 0.1) is 29.6 Å². The molecule has 0 amide bonds. The Kier molecular flexibility index (Phi) is 6.71. The van der Waals surface area contributed by atoms with Crippen LogP contribution >= 0.6 is 24.8 Å². The van der Waals surface area contributed by atoms with Gasteiger partial charge in [0.05, 0.1) is 0 Å². The van der Waals surface area contributed by atoms with Crippen LogP contribution in [0.2, 0.25) is 0 Å². The summed E-state index contributed by atoms with van der Waals surface area (Å²) < 4.78 is 0. The lowest BCUT2D eigenvalue weighted by molar-refractivity contribution is 0.352. The van der Waals surface area contributed by atoms with Crippen molar-refractivity contribution in [3.05, 3.63) is 0 Å². The van der Waals surface area contributed by atoms with Gasteiger partial charge in [-0.1, -0.05) is 34.6 Å². The highest BCUT2D eigenvalue weighted by Crippen LogP contribution is 2.44. The molecule has 1 rings (SSSR count). The second kappa shape index (κ2) is 5.34. The Balaban J connectivity index is 0. The summed E-state index contributed by atoms with van der Waals surface area (Å²) in [7, 11) is 0. The van der Waals surface area contributed by atoms with E-state index in [1.807, 2.05) is 0 Å². The van der Waals surface area contributed by atoms with Crippen molar-refractivity contribution in [3.8, 4) is 0 Å². The normalized spacial score (nSPS) is 46.2. The van der Waals surface area contributed by atoms with E-state index >= 15 is 0 Å². The summed E-state index contributed by atoms with van der Waals surface area (Å²) in [6.45, 7) is 12.0. The number of rotatable bonds is 0. The molecule has 1 saturated carbocycles. The molecule has 0 spiro atoms. The Morgan fingerprint density at radius 1 is 0.417 bits per heavy atom. The Bertz CT molecular complexity index is 80.2. The van der Waals surface area contributed by atoms with Crippen molar-refractivity contribution >= 4 is 24.8 Å². The van der Waals surface area contributed by atoms with E-state index in [9.17, 15) is 0 Å². The summed E-state index contributed by atoms with van der Waals surface area (Å²) in [5.74, 6) is 4.68. The molecule has 1 aliphatic carbocycles. The smallest absolute Gasteiger partial charge is 0.0386 e. The van der Waals surface area contributed by atoms with Gasteiger partial charge in [0.2, 0.25) is 0 Å². The van der Waals surface area contributed by atoms with E-state index in [1.165, 1.54) is 0 Å². The molecule has 1 aliphatic rings. The van der Waals surface area contributed by atoms with Crippen molar-refractivity contribution in [1.82, 2.24) is 0 Å². The molecule has 0 unspecified atom stereocenters. The van der Waals surface area contributed by atoms with Crippen LogP contribution in [-0.4, -0.2) is 0 Å². The van der Waals surface area contributed by atoms with Crippen LogP contribution in [0.1, 0.15) is 34.6 Å². The Hall–Kier alpha value is 0.580. The van der Waals surface area contributed by atoms with Gasteiger partial charge in [0.15, 0.2) is 0 Å². The van der Waals surface area contributed by atoms with Crippen molar-refractivity contribution in [2.45, 2.75) is 34.6 Å². The van der Waals surface area contributed by atoms with Gasteiger partial charge < -0.3 is 0 Å². The molecule has 0 radical (unpaired) electrons. The number of hydrogen-bond acceptors (Lipinski definition) is 0. The number of halogens is 2. The van der Waals surface area contributed by atoms with E-state index in [4.69, 9.17) is 0 Å². The monoisotopic (exact) mass is 212 g/mol. The molecule has 0 atom stereocenters. The zero-order chi connectivity index (χ0) is 7.89. The van der Waals surface area contributed by atoms with E-state index in [0.717, 1.165) is 29.6 Å². The van der Waals surface area contributed by atoms with E-state index < -0.39 is 0 Å². The van der Waals surface area contributed by atoms with Crippen LogP contribution in [0.3, 0.4) is 0 Å². The van der Waals surface area contributed by atoms with E-state index in [-0.39, 0.29) is 24.8 Å². The first-order valence-corrected chi connectivity index (χ1v) is 4.55. The fraction of sp³-hybridized carbons (Fsp3) is 1.00. The quantitative estimate of drug-likeness (QED) is 0.570. The predicted octanol–water partition coefficient (Wildman–Crippen LogP) is 4.02. The van der Waals surface area contributed by atoms with Crippen LogP contribution in [0.4, 0.5) is 0 Å². The summed E-state index contributed by atoms with van der Waals surface area (Å²) in [6, 6.07) is 0. The zero-order valence-electron chi connectivity index (χ0n) is 8.70. The largest absolute Gasteiger partial charge is 0.147 e. The summed E-state index contributed by atoms with van der Waals surface area (Å²) in [5, 5.41) is 0. The average molecular weight is 213 g/mol. The van der Waals surface area contributed by atoms with Crippen LogP contribution in [0.5, 0.6) is 0 Å². The Labute approximate surface area is 89.3 Å². The molecule has 0 aromatic rings. The lowest BCUT2D eigenvalue weighted by atomic mass is 9.92. The van der Waals surface area contributed by atoms with Gasteiger partial charge >= 0.3 is 0 Å². The van der Waals surface area contributed by atoms with Crippen LogP contribution < -0.4 is 0 Å². The SMILES string of the molecule is CC1C(C)C(C)C(C)C1C.Cl.Cl. The van der Waals surface area contributed by atoms with Crippen molar-refractivity contribution in [2.75, 3.05) is 0 Å². The van der Waals surface area contributed by atoms with Gasteiger partial charge in [-0.2, -0.15) is 0 Å². The topological polar surface area (TPSA) is 0 Å². The molecule has 0 nitrogen and oxygen atoms in total. The minimum Gasteiger partial charge on any atom is -0.147 e. The molecule has 0 aromatic carbocycles. The summed E-state index contributed by atoms with van der Waals surface area (Å²) >= 11 is 0. The van der Waals surface area contributed by atoms with Crippen molar-refractivity contribution in [2.24, 2.45) is 29.6 Å². The maximum absolute atomic E-state index is 2.40. The lowest BCUT2D eigenvalue weighted by Crippen LogP contribution is -2.07. The van der Waals surface area contributed by atoms with Gasteiger partial charge in [-0.25, -0.2) is 0 Å². The first-order valence-electron chi connectivity index (χ1n) is 4.55. The molecule has 0 N–H and O–H groups in total. The molecule has 0 aliphatic heterocycles. The highest BCUT2D eigenvalue weighted by molar-refractivity contribution is 5.85. The van der Waals surface area contributed by atoms with Gasteiger partial charge in [0.25, 0.3) is 0 Å². The second-order valence-corrected chi connectivity index (χ2v) is 4.30. The molecule has 0 aromatic heterocycles. The maximum Gasteiger partial charge on any atom is -0.0386 e. The molecule has 0 bridgehead atoms. The molecule has 0 heterocycles. The standard InChI is InChI=1S/C10H20.2ClH/c1-6-7(2)9(4)10(5)8(6)3;;/h6-10H,1-5H3;2*1H. The minimum absolute atomic E-state index is 0. The molecule has 2 heteroatoms. The van der Waals surface area contributed by atoms with Gasteiger partial charge in [-0.15, -0.1) is 24.8 Å². The van der Waals surface area contributed by atoms with Gasteiger partial charge in [0, 0.05) is 0 Å². The fourth-order valence-corrected chi connectivity index (χ4v) is 2.39. The van der Waals surface area contributed by atoms with Gasteiger partial charge in [-0.3, -0.25) is 0 Å². The predicted molar refractivity (Wildman–Crippen MR) is 60.3 cm³/mol. The van der Waals surface area contributed by atoms with Crippen molar-refractivity contribution in [3.63, 3.8) is 0 Å². The number of hydrogen-bond donors (Lipinski definition) is 0. The lowest BCUT2D eigenvalue weighted by Gasteiger charge is -2.14. The molecule has 76 valence electrons. The zero-order valence-corrected chi connectivity index (χ0v) is 10.3. The van der Waals surface area contributed by atoms with E-state index in [0.29, 0.717) is 0 Å². The Morgan fingerprint density at radius 2 is 0.500 bits per heavy atom. The van der Waals surface area contributed by atoms with E-state index in [1.54, 1.807) is 0 Å². The minimum atomic E-state index is 0. The molecule has 0 saturated heterocycles. The first kappa shape index (κ1) is 15.1. The summed E-state index contributed by atoms with van der Waals surface area (Å²) in [5.41, 5.74) is 0. The van der Waals surface area contributed by atoms with E-state index in [2.05, 4.69) is 34.6 Å². The molecule has 1 fully saturated rings. The summed E-state index contributed by atoms with van der Waals surface area (Å²) in [6.07, 6.45) is 0. The average Bonchev–Trinajstić information content (AvgIpc) is 2.07. The third-order valence-corrected chi connectivity index (χ3v) is 4.15. The fourth-order valence-electron chi connectivity index (χ4n) is 2.39. The van der Waals surface area contributed by atoms with Gasteiger partial charge in [-0.05, 0) is 29.6 Å². The second-order valence-electron chi connectivity index (χ2n) is 4.30. The first-order chi connectivity index (χ1) is 4.55. The van der Waals surface area contributed by atoms with Crippen LogP contribution in [-0.2, 0) is 0 Å². The maximum atomic E-state index is 2.40. The van der Waals surface area contributed by atoms with Crippen molar-refractivity contribution in [1.29, 1.82) is 0 Å². The Morgan fingerprint density at radius 3 is 0.583 bits per heavy atom. The van der Waals surface area contributed by atoms with Crippen LogP contribution in [0.15, 0.2) is 0 Å². The molecular weight excluding hydrogens is 191 g/mol. The third kappa shape index (κ3) is 2.29. The molecular formula is C10H22Cl2.